The monoisotopic (exact) mass is 263 g/mol. The molecule has 1 aromatic rings. The van der Waals surface area contributed by atoms with Crippen molar-refractivity contribution in [3.8, 4) is 5.75 Å². The lowest BCUT2D eigenvalue weighted by Crippen LogP contribution is -2.34. The van der Waals surface area contributed by atoms with E-state index in [0.29, 0.717) is 30.0 Å². The molecule has 0 aromatic heterocycles. The van der Waals surface area contributed by atoms with Crippen LogP contribution in [0.25, 0.3) is 0 Å². The van der Waals surface area contributed by atoms with Gasteiger partial charge in [0.2, 0.25) is 0 Å². The van der Waals surface area contributed by atoms with E-state index in [2.05, 4.69) is 0 Å². The van der Waals surface area contributed by atoms with Crippen LogP contribution in [-0.2, 0) is 4.79 Å². The fraction of sp³-hybridized carbons (Fsp3) is 0.429. The fourth-order valence-corrected chi connectivity index (χ4v) is 2.01. The van der Waals surface area contributed by atoms with Crippen molar-refractivity contribution >= 4 is 17.4 Å². The Morgan fingerprint density at radius 2 is 2.00 bits per heavy atom. The van der Waals surface area contributed by atoms with Gasteiger partial charge in [-0.05, 0) is 32.4 Å². The first kappa shape index (κ1) is 13.5. The number of anilines is 1. The summed E-state index contributed by atoms with van der Waals surface area (Å²) in [5.74, 6) is -0.463. The Labute approximate surface area is 111 Å². The minimum absolute atomic E-state index is 0.300. The van der Waals surface area contributed by atoms with Gasteiger partial charge in [-0.2, -0.15) is 0 Å². The maximum absolute atomic E-state index is 11.9. The summed E-state index contributed by atoms with van der Waals surface area (Å²) in [7, 11) is 1.53. The maximum atomic E-state index is 11.9. The molecule has 0 fully saturated rings. The molecule has 19 heavy (non-hydrogen) atoms. The van der Waals surface area contributed by atoms with Crippen LogP contribution in [0.3, 0.4) is 0 Å². The van der Waals surface area contributed by atoms with Crippen molar-refractivity contribution in [2.75, 3.05) is 18.6 Å². The number of hydrogen-bond acceptors (Lipinski definition) is 4. The van der Waals surface area contributed by atoms with Crippen LogP contribution in [-0.4, -0.2) is 36.1 Å². The SMILES string of the molecule is COc1ccc2c(c1)N(CCC(C)(C)O)C(=O)C2=O. The van der Waals surface area contributed by atoms with E-state index in [0.717, 1.165) is 0 Å². The fourth-order valence-electron chi connectivity index (χ4n) is 2.01. The van der Waals surface area contributed by atoms with Crippen molar-refractivity contribution < 1.29 is 19.4 Å². The lowest BCUT2D eigenvalue weighted by Gasteiger charge is -2.22. The number of aliphatic hydroxyl groups is 1. The third kappa shape index (κ3) is 2.61. The van der Waals surface area contributed by atoms with Crippen molar-refractivity contribution in [2.24, 2.45) is 0 Å². The van der Waals surface area contributed by atoms with Gasteiger partial charge >= 0.3 is 0 Å². The van der Waals surface area contributed by atoms with Gasteiger partial charge in [-0.1, -0.05) is 0 Å². The number of ether oxygens (including phenoxy) is 1. The molecular formula is C14H17NO4. The van der Waals surface area contributed by atoms with Crippen LogP contribution in [0.1, 0.15) is 30.6 Å². The van der Waals surface area contributed by atoms with Gasteiger partial charge in [0.15, 0.2) is 0 Å². The Balaban J connectivity index is 2.31. The van der Waals surface area contributed by atoms with Crippen molar-refractivity contribution in [3.05, 3.63) is 23.8 Å². The zero-order valence-electron chi connectivity index (χ0n) is 11.3. The highest BCUT2D eigenvalue weighted by molar-refractivity contribution is 6.52. The Morgan fingerprint density at radius 1 is 1.32 bits per heavy atom. The third-order valence-electron chi connectivity index (χ3n) is 3.13. The molecule has 5 nitrogen and oxygen atoms in total. The lowest BCUT2D eigenvalue weighted by molar-refractivity contribution is -0.114. The van der Waals surface area contributed by atoms with Crippen molar-refractivity contribution in [3.63, 3.8) is 0 Å². The number of methoxy groups -OCH3 is 1. The first-order chi connectivity index (χ1) is 8.83. The molecule has 0 radical (unpaired) electrons. The number of Topliss-reactive ketones (excluding diaryl/α,β-unsaturated/α-hetero) is 1. The van der Waals surface area contributed by atoms with Crippen LogP contribution in [0.5, 0.6) is 5.75 Å². The van der Waals surface area contributed by atoms with Crippen LogP contribution in [0.15, 0.2) is 18.2 Å². The molecule has 1 aliphatic heterocycles. The van der Waals surface area contributed by atoms with Crippen LogP contribution >= 0.6 is 0 Å². The second-order valence-corrected chi connectivity index (χ2v) is 5.23. The van der Waals surface area contributed by atoms with Crippen molar-refractivity contribution in [1.29, 1.82) is 0 Å². The molecule has 1 heterocycles. The molecular weight excluding hydrogens is 246 g/mol. The summed E-state index contributed by atoms with van der Waals surface area (Å²) in [5.41, 5.74) is 0.0606. The number of carbonyl (C=O) groups is 2. The predicted octanol–water partition coefficient (Wildman–Crippen LogP) is 1.39. The third-order valence-corrected chi connectivity index (χ3v) is 3.13. The second-order valence-electron chi connectivity index (χ2n) is 5.23. The molecule has 5 heteroatoms. The minimum atomic E-state index is -0.884. The van der Waals surface area contributed by atoms with Crippen LogP contribution in [0.4, 0.5) is 5.69 Å². The second kappa shape index (κ2) is 4.66. The smallest absolute Gasteiger partial charge is 0.299 e. The normalized spacial score (nSPS) is 14.8. The first-order valence-corrected chi connectivity index (χ1v) is 6.10. The quantitative estimate of drug-likeness (QED) is 0.833. The molecule has 1 aromatic carbocycles. The Bertz CT molecular complexity index is 531. The number of nitrogens with zero attached hydrogens (tertiary/aromatic N) is 1. The number of rotatable bonds is 4. The van der Waals surface area contributed by atoms with Gasteiger partial charge < -0.3 is 14.7 Å². The molecule has 0 atom stereocenters. The number of fused-ring (bicyclic) bond motifs is 1. The van der Waals surface area contributed by atoms with Gasteiger partial charge in [0, 0.05) is 12.6 Å². The van der Waals surface area contributed by atoms with Crippen LogP contribution < -0.4 is 9.64 Å². The average molecular weight is 263 g/mol. The maximum Gasteiger partial charge on any atom is 0.299 e. The van der Waals surface area contributed by atoms with Crippen molar-refractivity contribution in [2.45, 2.75) is 25.9 Å². The number of ketones is 1. The van der Waals surface area contributed by atoms with Gasteiger partial charge in [0.05, 0.1) is 24.0 Å². The number of hydrogen-bond donors (Lipinski definition) is 1. The molecule has 1 aliphatic rings. The van der Waals surface area contributed by atoms with E-state index in [4.69, 9.17) is 4.74 Å². The van der Waals surface area contributed by atoms with Gasteiger partial charge in [-0.15, -0.1) is 0 Å². The zero-order valence-corrected chi connectivity index (χ0v) is 11.3. The molecule has 0 aliphatic carbocycles. The van der Waals surface area contributed by atoms with Gasteiger partial charge in [0.25, 0.3) is 11.7 Å². The zero-order chi connectivity index (χ0) is 14.2. The molecule has 1 amide bonds. The summed E-state index contributed by atoms with van der Waals surface area (Å²) in [6, 6.07) is 4.92. The summed E-state index contributed by atoms with van der Waals surface area (Å²) in [4.78, 5) is 25.2. The first-order valence-electron chi connectivity index (χ1n) is 6.10. The molecule has 0 spiro atoms. The van der Waals surface area contributed by atoms with Gasteiger partial charge in [-0.3, -0.25) is 9.59 Å². The molecule has 1 N–H and O–H groups in total. The highest BCUT2D eigenvalue weighted by atomic mass is 16.5. The summed E-state index contributed by atoms with van der Waals surface area (Å²) < 4.78 is 5.11. The average Bonchev–Trinajstić information content (AvgIpc) is 2.58. The highest BCUT2D eigenvalue weighted by Crippen LogP contribution is 2.33. The van der Waals surface area contributed by atoms with Crippen molar-refractivity contribution in [1.82, 2.24) is 0 Å². The van der Waals surface area contributed by atoms with Gasteiger partial charge in [0.1, 0.15) is 5.75 Å². The van der Waals surface area contributed by atoms with E-state index in [-0.39, 0.29) is 0 Å². The number of benzene rings is 1. The number of amides is 1. The molecule has 102 valence electrons. The van der Waals surface area contributed by atoms with E-state index in [9.17, 15) is 14.7 Å². The number of carbonyl (C=O) groups excluding carboxylic acids is 2. The van der Waals surface area contributed by atoms with Gasteiger partial charge in [-0.25, -0.2) is 0 Å². The van der Waals surface area contributed by atoms with Crippen LogP contribution in [0.2, 0.25) is 0 Å². The lowest BCUT2D eigenvalue weighted by atomic mass is 10.1. The predicted molar refractivity (Wildman–Crippen MR) is 70.6 cm³/mol. The Morgan fingerprint density at radius 3 is 2.58 bits per heavy atom. The minimum Gasteiger partial charge on any atom is -0.497 e. The summed E-state index contributed by atoms with van der Waals surface area (Å²) in [6.07, 6.45) is 0.392. The van der Waals surface area contributed by atoms with Crippen LogP contribution in [0, 0.1) is 0 Å². The Hall–Kier alpha value is -1.88. The molecule has 0 unspecified atom stereocenters. The molecule has 0 saturated carbocycles. The van der Waals surface area contributed by atoms with E-state index in [1.54, 1.807) is 32.0 Å². The standard InChI is InChI=1S/C14H17NO4/c1-14(2,18)6-7-15-11-8-9(19-3)4-5-10(11)12(16)13(15)17/h4-5,8,18H,6-7H2,1-3H3. The Kier molecular flexibility index (Phi) is 3.32. The van der Waals surface area contributed by atoms with E-state index in [1.807, 2.05) is 0 Å². The summed E-state index contributed by atoms with van der Waals surface area (Å²) in [6.45, 7) is 3.64. The molecule has 2 rings (SSSR count). The molecule has 0 bridgehead atoms. The summed E-state index contributed by atoms with van der Waals surface area (Å²) >= 11 is 0. The van der Waals surface area contributed by atoms with E-state index < -0.39 is 17.3 Å². The molecule has 0 saturated heterocycles. The summed E-state index contributed by atoms with van der Waals surface area (Å²) in [5, 5.41) is 9.73. The highest BCUT2D eigenvalue weighted by Gasteiger charge is 2.36. The van der Waals surface area contributed by atoms with E-state index in [1.165, 1.54) is 12.0 Å². The largest absolute Gasteiger partial charge is 0.497 e. The topological polar surface area (TPSA) is 66.8 Å². The van der Waals surface area contributed by atoms with E-state index >= 15 is 0 Å².